The van der Waals surface area contributed by atoms with Crippen molar-refractivity contribution in [2.45, 2.75) is 0 Å². The molecule has 0 aromatic carbocycles. The highest BCUT2D eigenvalue weighted by Gasteiger charge is 1.93. The van der Waals surface area contributed by atoms with Gasteiger partial charge in [-0.1, -0.05) is 0 Å². The van der Waals surface area contributed by atoms with E-state index in [9.17, 15) is 4.79 Å². The largest absolute Gasteiger partial charge is 0.422 e. The second kappa shape index (κ2) is 2.86. The summed E-state index contributed by atoms with van der Waals surface area (Å²) < 4.78 is 4.67. The fraction of sp³-hybridized carbons (Fsp3) is 0. The molecule has 0 aliphatic heterocycles. The Morgan fingerprint density at radius 1 is 1.67 bits per heavy atom. The summed E-state index contributed by atoms with van der Waals surface area (Å²) in [5.74, 6) is 0.332. The van der Waals surface area contributed by atoms with Crippen molar-refractivity contribution in [1.29, 1.82) is 0 Å². The van der Waals surface area contributed by atoms with Gasteiger partial charge >= 0.3 is 0 Å². The molecule has 0 aliphatic rings. The van der Waals surface area contributed by atoms with Crippen molar-refractivity contribution < 1.29 is 3.07 Å². The minimum atomic E-state index is -0.202. The molecule has 0 spiro atoms. The Morgan fingerprint density at radius 2 is 2.44 bits per heavy atom. The first-order valence-electron chi connectivity index (χ1n) is 2.31. The molecule has 0 saturated heterocycles. The standard InChI is InChI=1S/C5H4INO2/c6-9-4-2-1-3-7-5(4)8/h1-3H,(H,7,8). The van der Waals surface area contributed by atoms with Crippen molar-refractivity contribution in [3.8, 4) is 5.75 Å². The Morgan fingerprint density at radius 3 is 2.89 bits per heavy atom. The minimum Gasteiger partial charge on any atom is -0.422 e. The molecule has 4 heteroatoms. The highest BCUT2D eigenvalue weighted by Crippen LogP contribution is 2.02. The second-order valence-electron chi connectivity index (χ2n) is 1.44. The fourth-order valence-electron chi connectivity index (χ4n) is 0.467. The molecule has 0 unspecified atom stereocenters. The molecule has 48 valence electrons. The zero-order valence-corrected chi connectivity index (χ0v) is 6.58. The van der Waals surface area contributed by atoms with Crippen LogP contribution in [-0.4, -0.2) is 4.98 Å². The molecule has 0 aliphatic carbocycles. The Bertz CT molecular complexity index is 245. The first-order chi connectivity index (χ1) is 4.34. The summed E-state index contributed by atoms with van der Waals surface area (Å²) >= 11 is 1.66. The number of rotatable bonds is 1. The van der Waals surface area contributed by atoms with Gasteiger partial charge in [0.1, 0.15) is 0 Å². The smallest absolute Gasteiger partial charge is 0.291 e. The van der Waals surface area contributed by atoms with Gasteiger partial charge in [0, 0.05) is 6.20 Å². The summed E-state index contributed by atoms with van der Waals surface area (Å²) in [6.07, 6.45) is 1.56. The van der Waals surface area contributed by atoms with Crippen molar-refractivity contribution in [2.24, 2.45) is 0 Å². The first kappa shape index (κ1) is 6.60. The first-order valence-corrected chi connectivity index (χ1v) is 3.19. The van der Waals surface area contributed by atoms with E-state index in [1.807, 2.05) is 0 Å². The van der Waals surface area contributed by atoms with Crippen LogP contribution < -0.4 is 8.63 Å². The quantitative estimate of drug-likeness (QED) is 0.743. The lowest BCUT2D eigenvalue weighted by atomic mass is 10.5. The van der Waals surface area contributed by atoms with Crippen LogP contribution in [0, 0.1) is 0 Å². The van der Waals surface area contributed by atoms with E-state index in [0.717, 1.165) is 0 Å². The molecular weight excluding hydrogens is 233 g/mol. The van der Waals surface area contributed by atoms with Crippen LogP contribution in [0.25, 0.3) is 0 Å². The molecule has 1 N–H and O–H groups in total. The summed E-state index contributed by atoms with van der Waals surface area (Å²) in [5, 5.41) is 0. The number of hydrogen-bond acceptors (Lipinski definition) is 2. The van der Waals surface area contributed by atoms with E-state index in [4.69, 9.17) is 0 Å². The van der Waals surface area contributed by atoms with Crippen LogP contribution >= 0.6 is 23.0 Å². The zero-order chi connectivity index (χ0) is 6.69. The Hall–Kier alpha value is -0.520. The molecule has 3 nitrogen and oxygen atoms in total. The zero-order valence-electron chi connectivity index (χ0n) is 4.43. The number of aromatic nitrogens is 1. The number of aromatic amines is 1. The SMILES string of the molecule is O=c1[nH]cccc1OI. The molecule has 1 heterocycles. The number of halogens is 1. The number of H-pyrrole nitrogens is 1. The monoisotopic (exact) mass is 237 g/mol. The van der Waals surface area contributed by atoms with E-state index in [1.54, 1.807) is 41.3 Å². The molecule has 1 aromatic heterocycles. The number of hydrogen-bond donors (Lipinski definition) is 1. The van der Waals surface area contributed by atoms with Crippen LogP contribution in [0.1, 0.15) is 0 Å². The van der Waals surface area contributed by atoms with Gasteiger partial charge in [-0.05, 0) is 12.1 Å². The molecule has 0 saturated carbocycles. The van der Waals surface area contributed by atoms with Gasteiger partial charge in [0.05, 0.1) is 0 Å². The lowest BCUT2D eigenvalue weighted by Crippen LogP contribution is -2.04. The molecular formula is C5H4INO2. The molecule has 0 radical (unpaired) electrons. The van der Waals surface area contributed by atoms with Crippen LogP contribution in [0.3, 0.4) is 0 Å². The maximum Gasteiger partial charge on any atom is 0.291 e. The molecule has 1 aromatic rings. The molecule has 0 fully saturated rings. The van der Waals surface area contributed by atoms with E-state index in [0.29, 0.717) is 5.75 Å². The van der Waals surface area contributed by atoms with E-state index in [2.05, 4.69) is 8.05 Å². The molecule has 1 rings (SSSR count). The summed E-state index contributed by atoms with van der Waals surface area (Å²) in [7, 11) is 0. The topological polar surface area (TPSA) is 42.1 Å². The normalized spacial score (nSPS) is 9.00. The Kier molecular flexibility index (Phi) is 2.10. The summed E-state index contributed by atoms with van der Waals surface area (Å²) in [6.45, 7) is 0. The number of pyridine rings is 1. The van der Waals surface area contributed by atoms with Crippen molar-refractivity contribution in [1.82, 2.24) is 4.98 Å². The summed E-state index contributed by atoms with van der Waals surface area (Å²) in [5.41, 5.74) is -0.202. The van der Waals surface area contributed by atoms with E-state index in [-0.39, 0.29) is 5.56 Å². The van der Waals surface area contributed by atoms with Crippen molar-refractivity contribution in [3.63, 3.8) is 0 Å². The van der Waals surface area contributed by atoms with Gasteiger partial charge < -0.3 is 8.05 Å². The fourth-order valence-corrected chi connectivity index (χ4v) is 0.814. The van der Waals surface area contributed by atoms with Gasteiger partial charge in [-0.15, -0.1) is 0 Å². The maximum absolute atomic E-state index is 10.7. The third kappa shape index (κ3) is 1.44. The van der Waals surface area contributed by atoms with Gasteiger partial charge in [-0.2, -0.15) is 0 Å². The van der Waals surface area contributed by atoms with Gasteiger partial charge in [0.25, 0.3) is 5.56 Å². The second-order valence-corrected chi connectivity index (χ2v) is 1.88. The lowest BCUT2D eigenvalue weighted by molar-refractivity contribution is 0.700. The van der Waals surface area contributed by atoms with Crippen molar-refractivity contribution >= 4 is 23.0 Å². The summed E-state index contributed by atoms with van der Waals surface area (Å²) in [4.78, 5) is 13.1. The van der Waals surface area contributed by atoms with Crippen LogP contribution in [0.2, 0.25) is 0 Å². The van der Waals surface area contributed by atoms with Crippen LogP contribution in [0.4, 0.5) is 0 Å². The van der Waals surface area contributed by atoms with E-state index < -0.39 is 0 Å². The highest BCUT2D eigenvalue weighted by atomic mass is 127. The van der Waals surface area contributed by atoms with Crippen LogP contribution in [0.15, 0.2) is 23.1 Å². The summed E-state index contributed by atoms with van der Waals surface area (Å²) in [6, 6.07) is 3.31. The van der Waals surface area contributed by atoms with Crippen LogP contribution in [0.5, 0.6) is 5.75 Å². The molecule has 9 heavy (non-hydrogen) atoms. The Balaban J connectivity index is 3.16. The maximum atomic E-state index is 10.7. The third-order valence-corrected chi connectivity index (χ3v) is 1.34. The average molecular weight is 237 g/mol. The van der Waals surface area contributed by atoms with Crippen molar-refractivity contribution in [2.75, 3.05) is 0 Å². The van der Waals surface area contributed by atoms with E-state index >= 15 is 0 Å². The molecule has 0 atom stereocenters. The average Bonchev–Trinajstić information content (AvgIpc) is 1.89. The Labute approximate surface area is 65.7 Å². The molecule has 0 amide bonds. The van der Waals surface area contributed by atoms with Gasteiger partial charge in [0.15, 0.2) is 28.8 Å². The van der Waals surface area contributed by atoms with Gasteiger partial charge in [-0.25, -0.2) is 0 Å². The minimum absolute atomic E-state index is 0.202. The number of nitrogens with one attached hydrogen (secondary N) is 1. The van der Waals surface area contributed by atoms with Gasteiger partial charge in [0.2, 0.25) is 0 Å². The molecule has 0 bridgehead atoms. The highest BCUT2D eigenvalue weighted by molar-refractivity contribution is 14.1. The van der Waals surface area contributed by atoms with Crippen LogP contribution in [-0.2, 0) is 0 Å². The van der Waals surface area contributed by atoms with Crippen molar-refractivity contribution in [3.05, 3.63) is 28.7 Å². The lowest BCUT2D eigenvalue weighted by Gasteiger charge is -1.90. The van der Waals surface area contributed by atoms with Gasteiger partial charge in [-0.3, -0.25) is 4.79 Å². The predicted octanol–water partition coefficient (Wildman–Crippen LogP) is 1.10. The third-order valence-electron chi connectivity index (χ3n) is 0.865. The van der Waals surface area contributed by atoms with E-state index in [1.165, 1.54) is 0 Å². The predicted molar refractivity (Wildman–Crippen MR) is 41.7 cm³/mol.